The summed E-state index contributed by atoms with van der Waals surface area (Å²) in [6.45, 7) is 2.48. The van der Waals surface area contributed by atoms with E-state index in [0.29, 0.717) is 11.5 Å². The van der Waals surface area contributed by atoms with Crippen LogP contribution in [0.4, 0.5) is 0 Å². The molecule has 130 valence electrons. The summed E-state index contributed by atoms with van der Waals surface area (Å²) < 4.78 is 5.86. The van der Waals surface area contributed by atoms with Gasteiger partial charge in [0.05, 0.1) is 12.2 Å². The predicted molar refractivity (Wildman–Crippen MR) is 96.8 cm³/mol. The standard InChI is InChI=1S/C21H24N2O2/c24-21(23-10-4-1-5-11-23)18-8-9-19(22-14-18)13-16-12-17-6-2-3-7-20(17)25-15-16/h2-3,6-9,14,16H,1,4-5,10-13,15H2. The molecule has 0 N–H and O–H groups in total. The van der Waals surface area contributed by atoms with E-state index in [1.165, 1.54) is 12.0 Å². The number of amides is 1. The molecule has 25 heavy (non-hydrogen) atoms. The molecular formula is C21H24N2O2. The Bertz CT molecular complexity index is 736. The van der Waals surface area contributed by atoms with Crippen molar-refractivity contribution in [2.75, 3.05) is 19.7 Å². The number of benzene rings is 1. The van der Waals surface area contributed by atoms with E-state index in [2.05, 4.69) is 17.1 Å². The lowest BCUT2D eigenvalue weighted by molar-refractivity contribution is 0.0724. The van der Waals surface area contributed by atoms with Crippen molar-refractivity contribution < 1.29 is 9.53 Å². The van der Waals surface area contributed by atoms with Crippen molar-refractivity contribution >= 4 is 5.91 Å². The van der Waals surface area contributed by atoms with E-state index >= 15 is 0 Å². The normalized spacial score (nSPS) is 19.8. The van der Waals surface area contributed by atoms with Gasteiger partial charge in [-0.05, 0) is 55.9 Å². The highest BCUT2D eigenvalue weighted by Gasteiger charge is 2.21. The van der Waals surface area contributed by atoms with Crippen molar-refractivity contribution in [2.24, 2.45) is 5.92 Å². The third-order valence-corrected chi connectivity index (χ3v) is 5.17. The topological polar surface area (TPSA) is 42.4 Å². The van der Waals surface area contributed by atoms with Crippen LogP contribution in [-0.4, -0.2) is 35.5 Å². The molecule has 1 saturated heterocycles. The van der Waals surface area contributed by atoms with Gasteiger partial charge in [-0.15, -0.1) is 0 Å². The van der Waals surface area contributed by atoms with Crippen molar-refractivity contribution in [1.29, 1.82) is 0 Å². The average molecular weight is 336 g/mol. The number of likely N-dealkylation sites (tertiary alicyclic amines) is 1. The number of rotatable bonds is 3. The van der Waals surface area contributed by atoms with Gasteiger partial charge in [0.25, 0.3) is 5.91 Å². The number of nitrogens with zero attached hydrogens (tertiary/aromatic N) is 2. The van der Waals surface area contributed by atoms with Gasteiger partial charge in [-0.3, -0.25) is 9.78 Å². The van der Waals surface area contributed by atoms with E-state index in [0.717, 1.165) is 56.8 Å². The highest BCUT2D eigenvalue weighted by Crippen LogP contribution is 2.28. The van der Waals surface area contributed by atoms with E-state index in [1.54, 1.807) is 6.20 Å². The van der Waals surface area contributed by atoms with Crippen LogP contribution in [0, 0.1) is 5.92 Å². The summed E-state index contributed by atoms with van der Waals surface area (Å²) in [6.07, 6.45) is 7.09. The largest absolute Gasteiger partial charge is 0.493 e. The first-order chi connectivity index (χ1) is 12.3. The molecule has 4 heteroatoms. The second-order valence-corrected chi connectivity index (χ2v) is 7.08. The zero-order chi connectivity index (χ0) is 17.1. The van der Waals surface area contributed by atoms with Crippen molar-refractivity contribution in [1.82, 2.24) is 9.88 Å². The molecule has 0 radical (unpaired) electrons. The Morgan fingerprint density at radius 2 is 1.96 bits per heavy atom. The minimum absolute atomic E-state index is 0.119. The monoisotopic (exact) mass is 336 g/mol. The number of piperidine rings is 1. The molecule has 4 rings (SSSR count). The van der Waals surface area contributed by atoms with Gasteiger partial charge < -0.3 is 9.64 Å². The zero-order valence-electron chi connectivity index (χ0n) is 14.5. The summed E-state index contributed by atoms with van der Waals surface area (Å²) >= 11 is 0. The van der Waals surface area contributed by atoms with Crippen LogP contribution in [0.1, 0.15) is 40.9 Å². The summed E-state index contributed by atoms with van der Waals surface area (Å²) in [5, 5.41) is 0. The van der Waals surface area contributed by atoms with Crippen LogP contribution >= 0.6 is 0 Å². The molecule has 1 aromatic heterocycles. The van der Waals surface area contributed by atoms with E-state index in [-0.39, 0.29) is 5.91 Å². The van der Waals surface area contributed by atoms with E-state index < -0.39 is 0 Å². The summed E-state index contributed by atoms with van der Waals surface area (Å²) in [4.78, 5) is 19.0. The Kier molecular flexibility index (Phi) is 4.68. The molecule has 1 aromatic carbocycles. The lowest BCUT2D eigenvalue weighted by Crippen LogP contribution is -2.35. The Morgan fingerprint density at radius 1 is 1.12 bits per heavy atom. The van der Waals surface area contributed by atoms with Crippen molar-refractivity contribution in [3.05, 3.63) is 59.4 Å². The highest BCUT2D eigenvalue weighted by atomic mass is 16.5. The number of hydrogen-bond acceptors (Lipinski definition) is 3. The smallest absolute Gasteiger partial charge is 0.255 e. The van der Waals surface area contributed by atoms with Gasteiger partial charge in [-0.2, -0.15) is 0 Å². The molecule has 0 saturated carbocycles. The molecular weight excluding hydrogens is 312 g/mol. The van der Waals surface area contributed by atoms with Crippen LogP contribution in [0.15, 0.2) is 42.6 Å². The van der Waals surface area contributed by atoms with Gasteiger partial charge in [-0.1, -0.05) is 18.2 Å². The van der Waals surface area contributed by atoms with Crippen molar-refractivity contribution in [3.8, 4) is 5.75 Å². The maximum absolute atomic E-state index is 12.5. The van der Waals surface area contributed by atoms with Gasteiger partial charge in [-0.25, -0.2) is 0 Å². The number of ether oxygens (including phenoxy) is 1. The second kappa shape index (κ2) is 7.26. The summed E-state index contributed by atoms with van der Waals surface area (Å²) in [5.41, 5.74) is 3.01. The summed E-state index contributed by atoms with van der Waals surface area (Å²) in [6, 6.07) is 12.2. The Hall–Kier alpha value is -2.36. The predicted octanol–water partition coefficient (Wildman–Crippen LogP) is 3.50. The molecule has 3 heterocycles. The Labute approximate surface area is 148 Å². The maximum atomic E-state index is 12.5. The summed E-state index contributed by atoms with van der Waals surface area (Å²) in [7, 11) is 0. The maximum Gasteiger partial charge on any atom is 0.255 e. The number of aromatic nitrogens is 1. The minimum Gasteiger partial charge on any atom is -0.493 e. The van der Waals surface area contributed by atoms with Crippen LogP contribution in [0.5, 0.6) is 5.75 Å². The van der Waals surface area contributed by atoms with Crippen LogP contribution in [-0.2, 0) is 12.8 Å². The molecule has 1 amide bonds. The molecule has 2 aliphatic rings. The number of carbonyl (C=O) groups is 1. The number of fused-ring (bicyclic) bond motifs is 1. The third kappa shape index (κ3) is 3.68. The van der Waals surface area contributed by atoms with Crippen LogP contribution < -0.4 is 4.74 Å². The third-order valence-electron chi connectivity index (χ3n) is 5.17. The first-order valence-electron chi connectivity index (χ1n) is 9.24. The van der Waals surface area contributed by atoms with Crippen molar-refractivity contribution in [2.45, 2.75) is 32.1 Å². The van der Waals surface area contributed by atoms with Gasteiger partial charge in [0.15, 0.2) is 0 Å². The fourth-order valence-electron chi connectivity index (χ4n) is 3.77. The molecule has 1 unspecified atom stereocenters. The zero-order valence-corrected chi connectivity index (χ0v) is 14.5. The first kappa shape index (κ1) is 16.1. The van der Waals surface area contributed by atoms with Crippen LogP contribution in [0.25, 0.3) is 0 Å². The molecule has 2 aliphatic heterocycles. The molecule has 1 atom stereocenters. The summed E-state index contributed by atoms with van der Waals surface area (Å²) in [5.74, 6) is 1.56. The van der Waals surface area contributed by atoms with E-state index in [1.807, 2.05) is 29.2 Å². The van der Waals surface area contributed by atoms with Gasteiger partial charge in [0.2, 0.25) is 0 Å². The van der Waals surface area contributed by atoms with Gasteiger partial charge in [0.1, 0.15) is 5.75 Å². The Morgan fingerprint density at radius 3 is 2.76 bits per heavy atom. The number of carbonyl (C=O) groups excluding carboxylic acids is 1. The van der Waals surface area contributed by atoms with Crippen molar-refractivity contribution in [3.63, 3.8) is 0 Å². The molecule has 0 spiro atoms. The molecule has 0 bridgehead atoms. The van der Waals surface area contributed by atoms with E-state index in [4.69, 9.17) is 4.74 Å². The van der Waals surface area contributed by atoms with Gasteiger partial charge in [0, 0.05) is 30.9 Å². The molecule has 0 aliphatic carbocycles. The van der Waals surface area contributed by atoms with Crippen LogP contribution in [0.2, 0.25) is 0 Å². The average Bonchev–Trinajstić information content (AvgIpc) is 2.69. The molecule has 2 aromatic rings. The van der Waals surface area contributed by atoms with E-state index in [9.17, 15) is 4.79 Å². The second-order valence-electron chi connectivity index (χ2n) is 7.08. The number of para-hydroxylation sites is 1. The Balaban J connectivity index is 1.38. The lowest BCUT2D eigenvalue weighted by Gasteiger charge is -2.27. The SMILES string of the molecule is O=C(c1ccc(CC2COc3ccccc3C2)nc1)N1CCCCC1. The van der Waals surface area contributed by atoms with Crippen LogP contribution in [0.3, 0.4) is 0 Å². The fraction of sp³-hybridized carbons (Fsp3) is 0.429. The minimum atomic E-state index is 0.119. The number of pyridine rings is 1. The number of hydrogen-bond donors (Lipinski definition) is 0. The fourth-order valence-corrected chi connectivity index (χ4v) is 3.77. The van der Waals surface area contributed by atoms with Gasteiger partial charge >= 0.3 is 0 Å². The quantitative estimate of drug-likeness (QED) is 0.861. The lowest BCUT2D eigenvalue weighted by atomic mass is 9.92. The highest BCUT2D eigenvalue weighted by molar-refractivity contribution is 5.93. The first-order valence-corrected chi connectivity index (χ1v) is 9.24. The molecule has 1 fully saturated rings. The molecule has 4 nitrogen and oxygen atoms in total.